The standard InChI is InChI=1S/C26H41N3O4S/c1-7-11-17(5)28(15-9-3)25(33)22-26-13-12-19(34-26)20(23(31)27(6)14-8-2)21(26)24(32)29(22)18(10-4)16-30/h8-9,17-22,30H,2-3,7,10-16H2,1,4-6H3/t17?,18-,19+,20-,21-,22?,26?/m0/s1. The highest BCUT2D eigenvalue weighted by Gasteiger charge is 2.74. The molecule has 3 unspecified atom stereocenters. The van der Waals surface area contributed by atoms with Gasteiger partial charge >= 0.3 is 0 Å². The van der Waals surface area contributed by atoms with Crippen molar-refractivity contribution in [1.82, 2.24) is 14.7 Å². The van der Waals surface area contributed by atoms with Crippen LogP contribution in [-0.2, 0) is 14.4 Å². The maximum atomic E-state index is 14.3. The smallest absolute Gasteiger partial charge is 0.247 e. The van der Waals surface area contributed by atoms with E-state index >= 15 is 0 Å². The van der Waals surface area contributed by atoms with Crippen LogP contribution < -0.4 is 0 Å². The summed E-state index contributed by atoms with van der Waals surface area (Å²) in [4.78, 5) is 46.9. The van der Waals surface area contributed by atoms with E-state index < -0.39 is 28.7 Å². The molecule has 8 heteroatoms. The molecule has 1 N–H and O–H groups in total. The molecule has 7 atom stereocenters. The van der Waals surface area contributed by atoms with Gasteiger partial charge in [0.1, 0.15) is 6.04 Å². The molecule has 0 aromatic rings. The number of fused-ring (bicyclic) bond motifs is 1. The molecule has 0 saturated carbocycles. The van der Waals surface area contributed by atoms with Crippen LogP contribution in [0.3, 0.4) is 0 Å². The number of carbonyl (C=O) groups excluding carboxylic acids is 3. The van der Waals surface area contributed by atoms with Gasteiger partial charge in [-0.05, 0) is 32.6 Å². The fourth-order valence-corrected chi connectivity index (χ4v) is 8.55. The second-order valence-corrected chi connectivity index (χ2v) is 11.6. The molecule has 3 rings (SSSR count). The van der Waals surface area contributed by atoms with Crippen molar-refractivity contribution in [2.75, 3.05) is 26.7 Å². The summed E-state index contributed by atoms with van der Waals surface area (Å²) in [6.45, 7) is 14.3. The van der Waals surface area contributed by atoms with Gasteiger partial charge in [-0.1, -0.05) is 32.4 Å². The molecule has 3 saturated heterocycles. The molecule has 3 fully saturated rings. The van der Waals surface area contributed by atoms with Crippen molar-refractivity contribution >= 4 is 29.5 Å². The molecule has 3 amide bonds. The average Bonchev–Trinajstić information content (AvgIpc) is 3.45. The van der Waals surface area contributed by atoms with Crippen molar-refractivity contribution in [2.24, 2.45) is 11.8 Å². The topological polar surface area (TPSA) is 81.2 Å². The number of likely N-dealkylation sites (tertiary alicyclic amines) is 1. The maximum absolute atomic E-state index is 14.3. The molecule has 2 bridgehead atoms. The van der Waals surface area contributed by atoms with E-state index in [2.05, 4.69) is 20.1 Å². The monoisotopic (exact) mass is 491 g/mol. The molecule has 190 valence electrons. The van der Waals surface area contributed by atoms with Gasteiger partial charge in [-0.15, -0.1) is 24.9 Å². The van der Waals surface area contributed by atoms with Crippen LogP contribution in [0.1, 0.15) is 52.9 Å². The highest BCUT2D eigenvalue weighted by molar-refractivity contribution is 8.02. The molecule has 34 heavy (non-hydrogen) atoms. The zero-order chi connectivity index (χ0) is 25.2. The normalized spacial score (nSPS) is 31.2. The summed E-state index contributed by atoms with van der Waals surface area (Å²) >= 11 is 1.67. The van der Waals surface area contributed by atoms with Crippen LogP contribution in [0.5, 0.6) is 0 Å². The maximum Gasteiger partial charge on any atom is 0.247 e. The van der Waals surface area contributed by atoms with Gasteiger partial charge in [-0.3, -0.25) is 14.4 Å². The lowest BCUT2D eigenvalue weighted by Crippen LogP contribution is -2.58. The Labute approximate surface area is 208 Å². The molecule has 3 aliphatic rings. The van der Waals surface area contributed by atoms with Gasteiger partial charge in [-0.2, -0.15) is 0 Å². The number of hydrogen-bond acceptors (Lipinski definition) is 5. The minimum absolute atomic E-state index is 0.0110. The molecule has 0 radical (unpaired) electrons. The van der Waals surface area contributed by atoms with Gasteiger partial charge in [-0.25, -0.2) is 0 Å². The predicted molar refractivity (Wildman–Crippen MR) is 136 cm³/mol. The van der Waals surface area contributed by atoms with Crippen LogP contribution in [0.25, 0.3) is 0 Å². The number of nitrogens with zero attached hydrogens (tertiary/aromatic N) is 3. The number of likely N-dealkylation sites (N-methyl/N-ethyl adjacent to an activating group) is 1. The van der Waals surface area contributed by atoms with Crippen LogP contribution in [0.15, 0.2) is 25.3 Å². The number of hydrogen-bond donors (Lipinski definition) is 1. The SMILES string of the molecule is C=CCN(C)C(=O)[C@@H]1[C@H]2C(=O)N([C@@H](CC)CO)C(C(=O)N(CC=C)C(C)CCC)C23CC[C@H]1S3. The fraction of sp³-hybridized carbons (Fsp3) is 0.731. The molecular formula is C26H41N3O4S. The predicted octanol–water partition coefficient (Wildman–Crippen LogP) is 2.70. The van der Waals surface area contributed by atoms with E-state index in [1.807, 2.05) is 18.7 Å². The summed E-state index contributed by atoms with van der Waals surface area (Å²) < 4.78 is -0.637. The first kappa shape index (κ1) is 26.8. The summed E-state index contributed by atoms with van der Waals surface area (Å²) in [6, 6.07) is -1.12. The Hall–Kier alpha value is -1.80. The third-order valence-electron chi connectivity index (χ3n) is 7.96. The largest absolute Gasteiger partial charge is 0.394 e. The zero-order valence-electron chi connectivity index (χ0n) is 21.1. The van der Waals surface area contributed by atoms with Gasteiger partial charge in [0.2, 0.25) is 17.7 Å². The lowest BCUT2D eigenvalue weighted by atomic mass is 9.70. The summed E-state index contributed by atoms with van der Waals surface area (Å²) in [6.07, 6.45) is 7.31. The Bertz CT molecular complexity index is 816. The van der Waals surface area contributed by atoms with Gasteiger partial charge in [0.15, 0.2) is 0 Å². The number of thioether (sulfide) groups is 1. The summed E-state index contributed by atoms with van der Waals surface area (Å²) in [5.41, 5.74) is 0. The van der Waals surface area contributed by atoms with E-state index in [1.54, 1.807) is 40.8 Å². The van der Waals surface area contributed by atoms with Crippen LogP contribution in [0.2, 0.25) is 0 Å². The average molecular weight is 492 g/mol. The molecule has 0 aliphatic carbocycles. The highest BCUT2D eigenvalue weighted by Crippen LogP contribution is 2.67. The van der Waals surface area contributed by atoms with Crippen molar-refractivity contribution in [2.45, 2.75) is 81.0 Å². The first-order valence-electron chi connectivity index (χ1n) is 12.6. The van der Waals surface area contributed by atoms with Gasteiger partial charge in [0, 0.05) is 31.4 Å². The Morgan fingerprint density at radius 3 is 2.50 bits per heavy atom. The lowest BCUT2D eigenvalue weighted by molar-refractivity contribution is -0.147. The molecule has 0 aromatic heterocycles. The Balaban J connectivity index is 2.08. The Morgan fingerprint density at radius 2 is 1.94 bits per heavy atom. The number of aliphatic hydroxyl groups is 1. The summed E-state index contributed by atoms with van der Waals surface area (Å²) in [5, 5.41) is 10.2. The van der Waals surface area contributed by atoms with E-state index in [0.717, 1.165) is 25.7 Å². The third-order valence-corrected chi connectivity index (χ3v) is 9.91. The second-order valence-electron chi connectivity index (χ2n) is 9.97. The van der Waals surface area contributed by atoms with Crippen LogP contribution in [0, 0.1) is 11.8 Å². The van der Waals surface area contributed by atoms with E-state index in [0.29, 0.717) is 19.5 Å². The van der Waals surface area contributed by atoms with Crippen LogP contribution in [0.4, 0.5) is 0 Å². The van der Waals surface area contributed by atoms with Crippen molar-refractivity contribution in [3.05, 3.63) is 25.3 Å². The van der Waals surface area contributed by atoms with Crippen molar-refractivity contribution in [3.8, 4) is 0 Å². The number of amides is 3. The van der Waals surface area contributed by atoms with Crippen LogP contribution in [-0.4, -0.2) is 92.4 Å². The Kier molecular flexibility index (Phi) is 8.56. The van der Waals surface area contributed by atoms with E-state index in [9.17, 15) is 19.5 Å². The van der Waals surface area contributed by atoms with Crippen molar-refractivity contribution in [1.29, 1.82) is 0 Å². The first-order chi connectivity index (χ1) is 16.2. The molecule has 3 aliphatic heterocycles. The molecule has 3 heterocycles. The first-order valence-corrected chi connectivity index (χ1v) is 13.5. The van der Waals surface area contributed by atoms with E-state index in [4.69, 9.17) is 0 Å². The van der Waals surface area contributed by atoms with Crippen LogP contribution >= 0.6 is 11.8 Å². The minimum Gasteiger partial charge on any atom is -0.394 e. The molecular weight excluding hydrogens is 450 g/mol. The number of rotatable bonds is 12. The van der Waals surface area contributed by atoms with Gasteiger partial charge in [0.25, 0.3) is 0 Å². The molecule has 0 aromatic carbocycles. The van der Waals surface area contributed by atoms with Crippen molar-refractivity contribution in [3.63, 3.8) is 0 Å². The lowest BCUT2D eigenvalue weighted by Gasteiger charge is -2.41. The highest BCUT2D eigenvalue weighted by atomic mass is 32.2. The molecule has 7 nitrogen and oxygen atoms in total. The quantitative estimate of drug-likeness (QED) is 0.425. The molecule has 1 spiro atoms. The van der Waals surface area contributed by atoms with E-state index in [-0.39, 0.29) is 35.6 Å². The number of aliphatic hydroxyl groups excluding tert-OH is 1. The summed E-state index contributed by atoms with van der Waals surface area (Å²) in [7, 11) is 1.74. The van der Waals surface area contributed by atoms with Gasteiger partial charge in [0.05, 0.1) is 29.2 Å². The van der Waals surface area contributed by atoms with E-state index in [1.165, 1.54) is 0 Å². The fourth-order valence-electron chi connectivity index (χ4n) is 6.35. The second kappa shape index (κ2) is 10.9. The number of carbonyl (C=O) groups is 3. The third kappa shape index (κ3) is 4.21. The van der Waals surface area contributed by atoms with Gasteiger partial charge < -0.3 is 19.8 Å². The Morgan fingerprint density at radius 1 is 1.26 bits per heavy atom. The summed E-state index contributed by atoms with van der Waals surface area (Å²) in [5.74, 6) is -1.28. The van der Waals surface area contributed by atoms with Crippen molar-refractivity contribution < 1.29 is 19.5 Å². The zero-order valence-corrected chi connectivity index (χ0v) is 21.9. The minimum atomic E-state index is -0.682.